The van der Waals surface area contributed by atoms with Crippen LogP contribution in [0.1, 0.15) is 0 Å². The molecule has 0 spiro atoms. The molecule has 2 aromatic heterocycles. The van der Waals surface area contributed by atoms with Crippen molar-refractivity contribution in [1.82, 2.24) is 20.2 Å². The molecule has 0 radical (unpaired) electrons. The molecule has 1 N–H and O–H groups in total. The Bertz CT molecular complexity index is 866. The maximum absolute atomic E-state index is 13.8. The number of hydrogen-bond acceptors (Lipinski definition) is 7. The molecule has 1 aliphatic heterocycles. The van der Waals surface area contributed by atoms with Gasteiger partial charge in [-0.1, -0.05) is 18.2 Å². The fraction of sp³-hybridized carbons (Fsp3) is 0.222. The summed E-state index contributed by atoms with van der Waals surface area (Å²) in [7, 11) is 0. The van der Waals surface area contributed by atoms with Gasteiger partial charge in [-0.2, -0.15) is 10.1 Å². The van der Waals surface area contributed by atoms with Gasteiger partial charge in [-0.05, 0) is 24.3 Å². The van der Waals surface area contributed by atoms with Crippen LogP contribution in [-0.4, -0.2) is 46.3 Å². The van der Waals surface area contributed by atoms with Crippen molar-refractivity contribution < 1.29 is 4.39 Å². The van der Waals surface area contributed by atoms with Crippen LogP contribution in [0, 0.1) is 5.82 Å². The average Bonchev–Trinajstić information content (AvgIpc) is 2.71. The largest absolute Gasteiger partial charge is 0.353 e. The van der Waals surface area contributed by atoms with Crippen LogP contribution in [0.4, 0.5) is 27.7 Å². The zero-order valence-corrected chi connectivity index (χ0v) is 14.1. The maximum Gasteiger partial charge on any atom is 0.247 e. The molecule has 132 valence electrons. The number of hydrogen-bond donors (Lipinski definition) is 1. The van der Waals surface area contributed by atoms with E-state index in [1.54, 1.807) is 24.4 Å². The lowest BCUT2D eigenvalue weighted by molar-refractivity contribution is 0.628. The van der Waals surface area contributed by atoms with Crippen LogP contribution < -0.4 is 15.1 Å². The minimum absolute atomic E-state index is 0.336. The molecule has 0 aliphatic carbocycles. The molecular formula is C18H18FN7. The zero-order valence-electron chi connectivity index (χ0n) is 14.1. The van der Waals surface area contributed by atoms with Gasteiger partial charge >= 0.3 is 0 Å². The molecule has 0 saturated carbocycles. The third-order valence-electron chi connectivity index (χ3n) is 4.22. The van der Waals surface area contributed by atoms with E-state index >= 15 is 0 Å². The first kappa shape index (κ1) is 16.2. The lowest BCUT2D eigenvalue weighted by atomic mass is 10.3. The highest BCUT2D eigenvalue weighted by Crippen LogP contribution is 2.20. The van der Waals surface area contributed by atoms with Crippen molar-refractivity contribution in [2.75, 3.05) is 41.3 Å². The van der Waals surface area contributed by atoms with Gasteiger partial charge in [0, 0.05) is 32.4 Å². The van der Waals surface area contributed by atoms with E-state index in [4.69, 9.17) is 0 Å². The summed E-state index contributed by atoms with van der Waals surface area (Å²) in [4.78, 5) is 13.2. The first-order valence-corrected chi connectivity index (χ1v) is 8.42. The van der Waals surface area contributed by atoms with Crippen LogP contribution >= 0.6 is 0 Å². The highest BCUT2D eigenvalue weighted by atomic mass is 19.1. The molecule has 0 atom stereocenters. The minimum atomic E-state index is -0.336. The van der Waals surface area contributed by atoms with Gasteiger partial charge in [-0.25, -0.2) is 9.37 Å². The molecule has 3 aromatic rings. The van der Waals surface area contributed by atoms with Crippen LogP contribution in [-0.2, 0) is 0 Å². The smallest absolute Gasteiger partial charge is 0.247 e. The van der Waals surface area contributed by atoms with Crippen molar-refractivity contribution in [2.45, 2.75) is 0 Å². The highest BCUT2D eigenvalue weighted by Gasteiger charge is 2.20. The molecule has 0 unspecified atom stereocenters. The summed E-state index contributed by atoms with van der Waals surface area (Å²) in [5.41, 5.74) is 0.360. The Morgan fingerprint density at radius 2 is 1.69 bits per heavy atom. The summed E-state index contributed by atoms with van der Waals surface area (Å²) in [6, 6.07) is 12.4. The number of aromatic nitrogens is 4. The van der Waals surface area contributed by atoms with Crippen LogP contribution in [0.3, 0.4) is 0 Å². The summed E-state index contributed by atoms with van der Waals surface area (Å²) < 4.78 is 13.8. The van der Waals surface area contributed by atoms with Crippen molar-refractivity contribution in [3.63, 3.8) is 0 Å². The number of para-hydroxylation sites is 1. The monoisotopic (exact) mass is 351 g/mol. The van der Waals surface area contributed by atoms with E-state index in [2.05, 4.69) is 35.3 Å². The second kappa shape index (κ2) is 7.30. The van der Waals surface area contributed by atoms with Crippen molar-refractivity contribution in [1.29, 1.82) is 0 Å². The summed E-state index contributed by atoms with van der Waals surface area (Å²) in [5.74, 6) is 1.64. The van der Waals surface area contributed by atoms with Crippen molar-refractivity contribution in [3.05, 3.63) is 60.7 Å². The second-order valence-electron chi connectivity index (χ2n) is 5.91. The van der Waals surface area contributed by atoms with Gasteiger partial charge in [0.2, 0.25) is 5.95 Å². The van der Waals surface area contributed by atoms with Crippen molar-refractivity contribution in [2.24, 2.45) is 0 Å². The zero-order chi connectivity index (χ0) is 17.8. The fourth-order valence-corrected chi connectivity index (χ4v) is 2.87. The molecular weight excluding hydrogens is 333 g/mol. The summed E-state index contributed by atoms with van der Waals surface area (Å²) in [6.07, 6.45) is 3.28. The highest BCUT2D eigenvalue weighted by molar-refractivity contribution is 5.57. The van der Waals surface area contributed by atoms with E-state index in [0.717, 1.165) is 32.0 Å². The molecule has 3 heterocycles. The molecule has 8 heteroatoms. The van der Waals surface area contributed by atoms with Crippen molar-refractivity contribution >= 4 is 23.3 Å². The van der Waals surface area contributed by atoms with Crippen molar-refractivity contribution in [3.8, 4) is 0 Å². The van der Waals surface area contributed by atoms with E-state index in [-0.39, 0.29) is 5.82 Å². The number of nitrogens with zero attached hydrogens (tertiary/aromatic N) is 6. The molecule has 1 saturated heterocycles. The van der Waals surface area contributed by atoms with Crippen LogP contribution in [0.5, 0.6) is 0 Å². The first-order valence-electron chi connectivity index (χ1n) is 8.42. The third kappa shape index (κ3) is 3.53. The third-order valence-corrected chi connectivity index (χ3v) is 4.22. The summed E-state index contributed by atoms with van der Waals surface area (Å²) in [6.45, 7) is 3.18. The topological polar surface area (TPSA) is 70.1 Å². The first-order chi connectivity index (χ1) is 12.8. The molecule has 0 amide bonds. The Kier molecular flexibility index (Phi) is 4.55. The summed E-state index contributed by atoms with van der Waals surface area (Å²) >= 11 is 0. The molecule has 1 aliphatic rings. The number of halogens is 1. The van der Waals surface area contributed by atoms with Crippen LogP contribution in [0.2, 0.25) is 0 Å². The Labute approximate surface area is 150 Å². The SMILES string of the molecule is Fc1ccccc1Nc1cnnc(N2CCN(c3ccccn3)CC2)n1. The van der Waals surface area contributed by atoms with Gasteiger partial charge in [0.15, 0.2) is 5.82 Å². The van der Waals surface area contributed by atoms with Gasteiger partial charge in [-0.3, -0.25) is 0 Å². The standard InChI is InChI=1S/C18H18FN7/c19-14-5-1-2-6-15(14)22-16-13-21-24-18(23-16)26-11-9-25(10-12-26)17-7-3-4-8-20-17/h1-8,13H,9-12H2,(H,22,23,24). The lowest BCUT2D eigenvalue weighted by Gasteiger charge is -2.35. The number of anilines is 4. The van der Waals surface area contributed by atoms with Gasteiger partial charge in [0.05, 0.1) is 11.9 Å². The Morgan fingerprint density at radius 3 is 2.46 bits per heavy atom. The van der Waals surface area contributed by atoms with E-state index in [1.165, 1.54) is 12.3 Å². The number of nitrogens with one attached hydrogen (secondary N) is 1. The second-order valence-corrected chi connectivity index (χ2v) is 5.91. The van der Waals surface area contributed by atoms with Gasteiger partial charge in [-0.15, -0.1) is 5.10 Å². The lowest BCUT2D eigenvalue weighted by Crippen LogP contribution is -2.47. The van der Waals surface area contributed by atoms with Crippen LogP contribution in [0.25, 0.3) is 0 Å². The minimum Gasteiger partial charge on any atom is -0.353 e. The molecule has 4 rings (SSSR count). The Hall–Kier alpha value is -3.29. The van der Waals surface area contributed by atoms with Gasteiger partial charge in [0.25, 0.3) is 0 Å². The Balaban J connectivity index is 1.44. The van der Waals surface area contributed by atoms with Gasteiger partial charge < -0.3 is 15.1 Å². The molecule has 7 nitrogen and oxygen atoms in total. The normalized spacial score (nSPS) is 14.3. The predicted octanol–water partition coefficient (Wildman–Crippen LogP) is 2.48. The van der Waals surface area contributed by atoms with E-state index in [1.807, 2.05) is 18.2 Å². The van der Waals surface area contributed by atoms with Gasteiger partial charge in [0.1, 0.15) is 11.6 Å². The predicted molar refractivity (Wildman–Crippen MR) is 98.2 cm³/mol. The Morgan fingerprint density at radius 1 is 0.923 bits per heavy atom. The number of benzene rings is 1. The van der Waals surface area contributed by atoms with E-state index < -0.39 is 0 Å². The molecule has 1 fully saturated rings. The molecule has 1 aromatic carbocycles. The number of piperazine rings is 1. The van der Waals surface area contributed by atoms with E-state index in [0.29, 0.717) is 17.5 Å². The molecule has 0 bridgehead atoms. The number of rotatable bonds is 4. The number of pyridine rings is 1. The fourth-order valence-electron chi connectivity index (χ4n) is 2.87. The average molecular weight is 351 g/mol. The summed E-state index contributed by atoms with van der Waals surface area (Å²) in [5, 5.41) is 11.1. The van der Waals surface area contributed by atoms with E-state index in [9.17, 15) is 4.39 Å². The molecule has 26 heavy (non-hydrogen) atoms. The maximum atomic E-state index is 13.8. The van der Waals surface area contributed by atoms with Crippen LogP contribution in [0.15, 0.2) is 54.9 Å². The quantitative estimate of drug-likeness (QED) is 0.774.